The summed E-state index contributed by atoms with van der Waals surface area (Å²) in [6.07, 6.45) is 5.03. The van der Waals surface area contributed by atoms with Crippen molar-refractivity contribution in [2.75, 3.05) is 0 Å². The minimum absolute atomic E-state index is 0.0446. The maximum absolute atomic E-state index is 11.8. The van der Waals surface area contributed by atoms with Crippen LogP contribution < -0.4 is 5.43 Å². The minimum atomic E-state index is -0.446. The molecule has 0 saturated heterocycles. The second-order valence-electron chi connectivity index (χ2n) is 5.46. The lowest BCUT2D eigenvalue weighted by molar-refractivity contribution is -0.387. The number of hydrogen-bond acceptors (Lipinski definition) is 7. The molecule has 0 bridgehead atoms. The lowest BCUT2D eigenvalue weighted by atomic mass is 10.2. The van der Waals surface area contributed by atoms with E-state index in [4.69, 9.17) is 0 Å². The zero-order valence-electron chi connectivity index (χ0n) is 14.2. The molecule has 10 heteroatoms. The molecule has 0 spiro atoms. The van der Waals surface area contributed by atoms with Gasteiger partial charge in [0.05, 0.1) is 22.5 Å². The third kappa shape index (κ3) is 5.02. The van der Waals surface area contributed by atoms with Crippen molar-refractivity contribution < 1.29 is 9.72 Å². The first kappa shape index (κ1) is 18.8. The Morgan fingerprint density at radius 2 is 2.33 bits per heavy atom. The number of nitro benzene ring substituents is 1. The fraction of sp³-hybridized carbons (Fsp3) is 0.118. The molecule has 0 atom stereocenters. The molecule has 2 heterocycles. The molecular weight excluding hydrogens is 386 g/mol. The predicted octanol–water partition coefficient (Wildman–Crippen LogP) is 3.23. The normalized spacial score (nSPS) is 11.0. The van der Waals surface area contributed by atoms with Gasteiger partial charge in [0, 0.05) is 35.9 Å². The van der Waals surface area contributed by atoms with Crippen LogP contribution in [-0.2, 0) is 18.3 Å². The number of hydrogen-bond donors (Lipinski definition) is 1. The fourth-order valence-electron chi connectivity index (χ4n) is 2.18. The fourth-order valence-corrected chi connectivity index (χ4v) is 3.77. The summed E-state index contributed by atoms with van der Waals surface area (Å²) >= 11 is 2.71. The Kier molecular flexibility index (Phi) is 5.99. The number of carbonyl (C=O) groups is 1. The van der Waals surface area contributed by atoms with Crippen LogP contribution >= 0.6 is 23.1 Å². The highest BCUT2D eigenvalue weighted by molar-refractivity contribution is 7.99. The van der Waals surface area contributed by atoms with Gasteiger partial charge in [-0.1, -0.05) is 12.1 Å². The molecule has 0 aliphatic carbocycles. The van der Waals surface area contributed by atoms with Gasteiger partial charge in [-0.25, -0.2) is 10.4 Å². The number of carbonyl (C=O) groups excluding carboxylic acids is 1. The van der Waals surface area contributed by atoms with Gasteiger partial charge in [0.1, 0.15) is 0 Å². The highest BCUT2D eigenvalue weighted by atomic mass is 32.2. The van der Waals surface area contributed by atoms with Crippen molar-refractivity contribution in [1.82, 2.24) is 15.0 Å². The number of aryl methyl sites for hydroxylation is 1. The number of thiophene rings is 1. The zero-order chi connectivity index (χ0) is 19.2. The number of benzene rings is 1. The standard InChI is InChI=1S/C17H15N5O3S2/c1-21-7-6-18-17(21)27-15-5-4-12(9-14(15)22(24)25)11-19-20-16(23)10-13-3-2-8-26-13/h2-9,11H,10H2,1H3,(H,20,23)/b19-11+. The number of imidazole rings is 1. The van der Waals surface area contributed by atoms with Gasteiger partial charge in [-0.3, -0.25) is 14.9 Å². The molecule has 0 aliphatic heterocycles. The number of hydrazone groups is 1. The molecule has 1 aromatic carbocycles. The number of rotatable bonds is 7. The smallest absolute Gasteiger partial charge is 0.283 e. The lowest BCUT2D eigenvalue weighted by Gasteiger charge is -2.04. The summed E-state index contributed by atoms with van der Waals surface area (Å²) in [4.78, 5) is 28.3. The molecule has 138 valence electrons. The molecule has 0 fully saturated rings. The number of aromatic nitrogens is 2. The van der Waals surface area contributed by atoms with Crippen LogP contribution in [0.5, 0.6) is 0 Å². The maximum atomic E-state index is 11.8. The predicted molar refractivity (Wildman–Crippen MR) is 104 cm³/mol. The van der Waals surface area contributed by atoms with E-state index in [9.17, 15) is 14.9 Å². The SMILES string of the molecule is Cn1ccnc1Sc1ccc(/C=N/NC(=O)Cc2cccs2)cc1[N+](=O)[O-]. The van der Waals surface area contributed by atoms with E-state index >= 15 is 0 Å². The third-order valence-electron chi connectivity index (χ3n) is 3.48. The summed E-state index contributed by atoms with van der Waals surface area (Å²) in [6, 6.07) is 8.51. The summed E-state index contributed by atoms with van der Waals surface area (Å²) in [6.45, 7) is 0. The second-order valence-corrected chi connectivity index (χ2v) is 7.50. The quantitative estimate of drug-likeness (QED) is 0.372. The van der Waals surface area contributed by atoms with Gasteiger partial charge in [0.15, 0.2) is 5.16 Å². The van der Waals surface area contributed by atoms with E-state index in [0.717, 1.165) is 4.88 Å². The molecule has 0 saturated carbocycles. The highest BCUT2D eigenvalue weighted by Gasteiger charge is 2.17. The molecule has 27 heavy (non-hydrogen) atoms. The van der Waals surface area contributed by atoms with Crippen molar-refractivity contribution in [3.8, 4) is 0 Å². The largest absolute Gasteiger partial charge is 0.329 e. The van der Waals surface area contributed by atoms with E-state index in [2.05, 4.69) is 15.5 Å². The highest BCUT2D eigenvalue weighted by Crippen LogP contribution is 2.34. The molecule has 1 N–H and O–H groups in total. The topological polar surface area (TPSA) is 102 Å². The molecule has 2 aromatic heterocycles. The molecule has 1 amide bonds. The van der Waals surface area contributed by atoms with Crippen molar-refractivity contribution in [2.45, 2.75) is 16.5 Å². The summed E-state index contributed by atoms with van der Waals surface area (Å²) < 4.78 is 1.78. The van der Waals surface area contributed by atoms with Crippen LogP contribution in [0.15, 0.2) is 63.3 Å². The van der Waals surface area contributed by atoms with Crippen molar-refractivity contribution in [3.05, 3.63) is 68.7 Å². The van der Waals surface area contributed by atoms with E-state index in [1.807, 2.05) is 24.6 Å². The number of nitrogens with zero attached hydrogens (tertiary/aromatic N) is 4. The molecule has 3 rings (SSSR count). The summed E-state index contributed by atoms with van der Waals surface area (Å²) in [5.74, 6) is -0.245. The molecule has 0 radical (unpaired) electrons. The average molecular weight is 401 g/mol. The van der Waals surface area contributed by atoms with Gasteiger partial charge in [-0.2, -0.15) is 5.10 Å². The van der Waals surface area contributed by atoms with Crippen LogP contribution in [0.1, 0.15) is 10.4 Å². The Morgan fingerprint density at radius 3 is 3.00 bits per heavy atom. The summed E-state index contributed by atoms with van der Waals surface area (Å²) in [7, 11) is 1.82. The molecular formula is C17H15N5O3S2. The van der Waals surface area contributed by atoms with E-state index < -0.39 is 4.92 Å². The Morgan fingerprint density at radius 1 is 1.48 bits per heavy atom. The van der Waals surface area contributed by atoms with Gasteiger partial charge in [-0.15, -0.1) is 11.3 Å². The number of amides is 1. The Hall–Kier alpha value is -2.98. The van der Waals surface area contributed by atoms with Gasteiger partial charge >= 0.3 is 0 Å². The molecule has 8 nitrogen and oxygen atoms in total. The average Bonchev–Trinajstić information content (AvgIpc) is 3.28. The van der Waals surface area contributed by atoms with Gasteiger partial charge < -0.3 is 4.57 Å². The summed E-state index contributed by atoms with van der Waals surface area (Å²) in [5.41, 5.74) is 2.90. The minimum Gasteiger partial charge on any atom is -0.329 e. The van der Waals surface area contributed by atoms with Crippen LogP contribution in [0.4, 0.5) is 5.69 Å². The van der Waals surface area contributed by atoms with E-state index in [1.165, 1.54) is 35.4 Å². The first-order valence-electron chi connectivity index (χ1n) is 7.81. The first-order valence-corrected chi connectivity index (χ1v) is 9.50. The summed E-state index contributed by atoms with van der Waals surface area (Å²) in [5, 5.41) is 17.8. The van der Waals surface area contributed by atoms with Crippen LogP contribution in [0, 0.1) is 10.1 Å². The van der Waals surface area contributed by atoms with Gasteiger partial charge in [0.25, 0.3) is 5.69 Å². The van der Waals surface area contributed by atoms with Crippen molar-refractivity contribution >= 4 is 40.9 Å². The second kappa shape index (κ2) is 8.60. The lowest BCUT2D eigenvalue weighted by Crippen LogP contribution is -2.19. The van der Waals surface area contributed by atoms with Gasteiger partial charge in [-0.05, 0) is 29.3 Å². The molecule has 0 aliphatic rings. The third-order valence-corrected chi connectivity index (χ3v) is 5.49. The van der Waals surface area contributed by atoms with Crippen LogP contribution in [0.25, 0.3) is 0 Å². The van der Waals surface area contributed by atoms with Crippen molar-refractivity contribution in [2.24, 2.45) is 12.1 Å². The van der Waals surface area contributed by atoms with E-state index in [-0.39, 0.29) is 18.0 Å². The van der Waals surface area contributed by atoms with Crippen molar-refractivity contribution in [1.29, 1.82) is 0 Å². The van der Waals surface area contributed by atoms with Crippen LogP contribution in [-0.4, -0.2) is 26.6 Å². The van der Waals surface area contributed by atoms with E-state index in [1.54, 1.807) is 29.1 Å². The van der Waals surface area contributed by atoms with E-state index in [0.29, 0.717) is 15.6 Å². The molecule has 3 aromatic rings. The number of nitrogens with one attached hydrogen (secondary N) is 1. The monoisotopic (exact) mass is 401 g/mol. The number of nitro groups is 1. The Balaban J connectivity index is 1.69. The maximum Gasteiger partial charge on any atom is 0.283 e. The van der Waals surface area contributed by atoms with Gasteiger partial charge in [0.2, 0.25) is 5.91 Å². The van der Waals surface area contributed by atoms with Crippen LogP contribution in [0.3, 0.4) is 0 Å². The Labute approximate surface area is 163 Å². The zero-order valence-corrected chi connectivity index (χ0v) is 15.9. The van der Waals surface area contributed by atoms with Crippen LogP contribution in [0.2, 0.25) is 0 Å². The van der Waals surface area contributed by atoms with Crippen molar-refractivity contribution in [3.63, 3.8) is 0 Å². The first-order chi connectivity index (χ1) is 13.0. The Bertz CT molecular complexity index is 982. The molecule has 0 unspecified atom stereocenters.